The van der Waals surface area contributed by atoms with Gasteiger partial charge < -0.3 is 20.1 Å². The van der Waals surface area contributed by atoms with Gasteiger partial charge in [0.05, 0.1) is 25.3 Å². The summed E-state index contributed by atoms with van der Waals surface area (Å²) >= 11 is 5.27. The second-order valence-corrected chi connectivity index (χ2v) is 6.17. The van der Waals surface area contributed by atoms with Crippen molar-refractivity contribution in [3.63, 3.8) is 0 Å². The van der Waals surface area contributed by atoms with Crippen LogP contribution in [-0.2, 0) is 9.53 Å². The molecule has 0 aromatic heterocycles. The van der Waals surface area contributed by atoms with Gasteiger partial charge in [0.25, 0.3) is 0 Å². The molecule has 1 heterocycles. The Morgan fingerprint density at radius 3 is 2.64 bits per heavy atom. The van der Waals surface area contributed by atoms with Crippen molar-refractivity contribution >= 4 is 34.1 Å². The molecule has 0 spiro atoms. The number of benzene rings is 2. The molecule has 5 nitrogen and oxygen atoms in total. The molecule has 0 amide bonds. The van der Waals surface area contributed by atoms with E-state index < -0.39 is 0 Å². The van der Waals surface area contributed by atoms with Crippen LogP contribution in [0.5, 0.6) is 5.75 Å². The first kappa shape index (κ1) is 17.2. The van der Waals surface area contributed by atoms with Gasteiger partial charge in [0, 0.05) is 5.70 Å². The molecule has 1 atom stereocenters. The van der Waals surface area contributed by atoms with Crippen LogP contribution in [-0.4, -0.2) is 24.8 Å². The maximum Gasteiger partial charge on any atom is 0.338 e. The minimum Gasteiger partial charge on any atom is -0.497 e. The molecular weight excluding hydrogens is 336 g/mol. The zero-order valence-electron chi connectivity index (χ0n) is 14.4. The van der Waals surface area contributed by atoms with Crippen molar-refractivity contribution in [1.29, 1.82) is 0 Å². The zero-order valence-corrected chi connectivity index (χ0v) is 15.2. The van der Waals surface area contributed by atoms with Gasteiger partial charge in [0.15, 0.2) is 5.11 Å². The lowest BCUT2D eigenvalue weighted by molar-refractivity contribution is -0.139. The van der Waals surface area contributed by atoms with Crippen LogP contribution in [0.3, 0.4) is 0 Å². The van der Waals surface area contributed by atoms with E-state index in [4.69, 9.17) is 21.7 Å². The normalized spacial score (nSPS) is 17.1. The van der Waals surface area contributed by atoms with E-state index >= 15 is 0 Å². The summed E-state index contributed by atoms with van der Waals surface area (Å²) in [5.41, 5.74) is 2.20. The van der Waals surface area contributed by atoms with Crippen molar-refractivity contribution in [2.75, 3.05) is 13.7 Å². The van der Waals surface area contributed by atoms with Gasteiger partial charge >= 0.3 is 5.97 Å². The first-order valence-electron chi connectivity index (χ1n) is 8.06. The van der Waals surface area contributed by atoms with Crippen molar-refractivity contribution in [2.24, 2.45) is 0 Å². The van der Waals surface area contributed by atoms with E-state index in [1.807, 2.05) is 43.3 Å². The number of allylic oxidation sites excluding steroid dienone is 1. The fraction of sp³-hybridized carbons (Fsp3) is 0.263. The van der Waals surface area contributed by atoms with Crippen LogP contribution in [0.15, 0.2) is 47.7 Å². The number of methoxy groups -OCH3 is 1. The molecule has 0 saturated heterocycles. The largest absolute Gasteiger partial charge is 0.497 e. The highest BCUT2D eigenvalue weighted by molar-refractivity contribution is 7.80. The minimum atomic E-state index is -0.348. The lowest BCUT2D eigenvalue weighted by atomic mass is 9.94. The number of rotatable bonds is 4. The number of thiocarbonyl (C=S) groups is 1. The summed E-state index contributed by atoms with van der Waals surface area (Å²) in [5, 5.41) is 8.80. The van der Waals surface area contributed by atoms with E-state index in [-0.39, 0.29) is 12.0 Å². The number of esters is 1. The van der Waals surface area contributed by atoms with Crippen LogP contribution in [0, 0.1) is 0 Å². The van der Waals surface area contributed by atoms with Gasteiger partial charge in [-0.15, -0.1) is 0 Å². The lowest BCUT2D eigenvalue weighted by Crippen LogP contribution is -2.45. The molecule has 2 aromatic carbocycles. The van der Waals surface area contributed by atoms with Gasteiger partial charge in [-0.05, 0) is 60.6 Å². The molecule has 1 aliphatic rings. The summed E-state index contributed by atoms with van der Waals surface area (Å²) in [6.45, 7) is 3.95. The fourth-order valence-electron chi connectivity index (χ4n) is 2.97. The molecule has 2 N–H and O–H groups in total. The molecule has 0 saturated carbocycles. The summed E-state index contributed by atoms with van der Waals surface area (Å²) in [4.78, 5) is 12.4. The van der Waals surface area contributed by atoms with Crippen molar-refractivity contribution in [3.05, 3.63) is 53.2 Å². The van der Waals surface area contributed by atoms with E-state index in [2.05, 4.69) is 10.6 Å². The molecule has 0 aliphatic carbocycles. The van der Waals surface area contributed by atoms with Gasteiger partial charge in [0.2, 0.25) is 0 Å². The molecule has 130 valence electrons. The first-order valence-corrected chi connectivity index (χ1v) is 8.47. The molecular formula is C19H20N2O3S. The molecule has 1 aliphatic heterocycles. The number of carbonyl (C=O) groups is 1. The molecule has 6 heteroatoms. The predicted octanol–water partition coefficient (Wildman–Crippen LogP) is 3.20. The fourth-order valence-corrected chi connectivity index (χ4v) is 3.24. The van der Waals surface area contributed by atoms with E-state index in [0.717, 1.165) is 22.1 Å². The van der Waals surface area contributed by atoms with E-state index in [9.17, 15) is 4.79 Å². The highest BCUT2D eigenvalue weighted by Gasteiger charge is 2.30. The highest BCUT2D eigenvalue weighted by atomic mass is 32.1. The lowest BCUT2D eigenvalue weighted by Gasteiger charge is -2.30. The third kappa shape index (κ3) is 3.44. The predicted molar refractivity (Wildman–Crippen MR) is 101 cm³/mol. The van der Waals surface area contributed by atoms with Crippen molar-refractivity contribution in [3.8, 4) is 5.75 Å². The standard InChI is InChI=1S/C19H20N2O3S/c1-4-24-18(22)16-11(2)20-19(25)21-17(16)14-6-5-13-10-15(23-3)8-7-12(13)9-14/h5-10,17H,4H2,1-3H3,(H2,20,21,25). The first-order chi connectivity index (χ1) is 12.0. The van der Waals surface area contributed by atoms with E-state index in [1.165, 1.54) is 0 Å². The van der Waals surface area contributed by atoms with Gasteiger partial charge in [0.1, 0.15) is 5.75 Å². The Labute approximate surface area is 152 Å². The summed E-state index contributed by atoms with van der Waals surface area (Å²) < 4.78 is 10.5. The van der Waals surface area contributed by atoms with Crippen LogP contribution in [0.2, 0.25) is 0 Å². The van der Waals surface area contributed by atoms with Crippen molar-refractivity contribution in [2.45, 2.75) is 19.9 Å². The summed E-state index contributed by atoms with van der Waals surface area (Å²) in [7, 11) is 1.65. The van der Waals surface area contributed by atoms with Crippen LogP contribution in [0.25, 0.3) is 10.8 Å². The summed E-state index contributed by atoms with van der Waals surface area (Å²) in [5.74, 6) is 0.465. The van der Waals surface area contributed by atoms with Gasteiger partial charge in [-0.2, -0.15) is 0 Å². The smallest absolute Gasteiger partial charge is 0.338 e. The third-order valence-electron chi connectivity index (χ3n) is 4.17. The number of hydrogen-bond donors (Lipinski definition) is 2. The van der Waals surface area contributed by atoms with Crippen molar-refractivity contribution < 1.29 is 14.3 Å². The second-order valence-electron chi connectivity index (χ2n) is 5.76. The van der Waals surface area contributed by atoms with Gasteiger partial charge in [-0.25, -0.2) is 4.79 Å². The molecule has 0 radical (unpaired) electrons. The number of nitrogens with one attached hydrogen (secondary N) is 2. The Hall–Kier alpha value is -2.60. The topological polar surface area (TPSA) is 59.6 Å². The Balaban J connectivity index is 2.05. The number of hydrogen-bond acceptors (Lipinski definition) is 4. The number of ether oxygens (including phenoxy) is 2. The molecule has 3 rings (SSSR count). The maximum absolute atomic E-state index is 12.4. The van der Waals surface area contributed by atoms with Crippen LogP contribution < -0.4 is 15.4 Å². The molecule has 2 aromatic rings. The van der Waals surface area contributed by atoms with E-state index in [1.54, 1.807) is 14.0 Å². The number of carbonyl (C=O) groups excluding carboxylic acids is 1. The monoisotopic (exact) mass is 356 g/mol. The third-order valence-corrected chi connectivity index (χ3v) is 4.39. The number of fused-ring (bicyclic) bond motifs is 1. The average molecular weight is 356 g/mol. The van der Waals surface area contributed by atoms with Crippen molar-refractivity contribution in [1.82, 2.24) is 10.6 Å². The average Bonchev–Trinajstić information content (AvgIpc) is 2.60. The Morgan fingerprint density at radius 2 is 1.92 bits per heavy atom. The van der Waals surface area contributed by atoms with Crippen LogP contribution >= 0.6 is 12.2 Å². The molecule has 0 bridgehead atoms. The second kappa shape index (κ2) is 7.11. The summed E-state index contributed by atoms with van der Waals surface area (Å²) in [6, 6.07) is 11.6. The van der Waals surface area contributed by atoms with E-state index in [0.29, 0.717) is 23.0 Å². The SMILES string of the molecule is CCOC(=O)C1=C(C)NC(=S)NC1c1ccc2cc(OC)ccc2c1. The molecule has 25 heavy (non-hydrogen) atoms. The minimum absolute atomic E-state index is 0.324. The van der Waals surface area contributed by atoms with Gasteiger partial charge in [-0.3, -0.25) is 0 Å². The Morgan fingerprint density at radius 1 is 1.20 bits per heavy atom. The van der Waals surface area contributed by atoms with Crippen LogP contribution in [0.1, 0.15) is 25.5 Å². The quantitative estimate of drug-likeness (QED) is 0.648. The molecule has 1 unspecified atom stereocenters. The Bertz CT molecular complexity index is 876. The Kier molecular flexibility index (Phi) is 4.90. The van der Waals surface area contributed by atoms with Crippen LogP contribution in [0.4, 0.5) is 0 Å². The molecule has 0 fully saturated rings. The highest BCUT2D eigenvalue weighted by Crippen LogP contribution is 2.30. The van der Waals surface area contributed by atoms with Gasteiger partial charge in [-0.1, -0.05) is 18.2 Å². The maximum atomic E-state index is 12.4. The zero-order chi connectivity index (χ0) is 18.0. The summed E-state index contributed by atoms with van der Waals surface area (Å²) in [6.07, 6.45) is 0.